The molecule has 0 unspecified atom stereocenters. The minimum atomic E-state index is -1.95. The summed E-state index contributed by atoms with van der Waals surface area (Å²) in [6.07, 6.45) is -0.0310. The molecule has 7 heteroatoms. The van der Waals surface area contributed by atoms with E-state index < -0.39 is 34.3 Å². The SMILES string of the molecule is COc1ccc([C@H]2C[C@]3(O)NC(=O)[C@@](C#N)([C@H]3C)C2(C#N)C#N)cc1. The van der Waals surface area contributed by atoms with Gasteiger partial charge in [-0.25, -0.2) is 0 Å². The van der Waals surface area contributed by atoms with E-state index in [0.29, 0.717) is 11.3 Å². The molecule has 25 heavy (non-hydrogen) atoms. The first kappa shape index (κ1) is 16.8. The van der Waals surface area contributed by atoms with Gasteiger partial charge in [-0.15, -0.1) is 0 Å². The highest BCUT2D eigenvalue weighted by Crippen LogP contribution is 2.64. The van der Waals surface area contributed by atoms with Crippen molar-refractivity contribution in [3.63, 3.8) is 0 Å². The van der Waals surface area contributed by atoms with Gasteiger partial charge < -0.3 is 15.2 Å². The molecule has 1 saturated heterocycles. The van der Waals surface area contributed by atoms with Crippen LogP contribution in [0.2, 0.25) is 0 Å². The van der Waals surface area contributed by atoms with Gasteiger partial charge in [-0.3, -0.25) is 4.79 Å². The summed E-state index contributed by atoms with van der Waals surface area (Å²) >= 11 is 0. The van der Waals surface area contributed by atoms with Gasteiger partial charge in [-0.1, -0.05) is 19.1 Å². The van der Waals surface area contributed by atoms with Crippen molar-refractivity contribution in [2.45, 2.75) is 25.0 Å². The summed E-state index contributed by atoms with van der Waals surface area (Å²) in [6, 6.07) is 12.5. The van der Waals surface area contributed by atoms with Crippen molar-refractivity contribution in [1.82, 2.24) is 5.32 Å². The Bertz CT molecular complexity index is 846. The van der Waals surface area contributed by atoms with Gasteiger partial charge in [-0.2, -0.15) is 15.8 Å². The average Bonchev–Trinajstić information content (AvgIpc) is 2.77. The third-order valence-corrected chi connectivity index (χ3v) is 5.76. The second-order valence-electron chi connectivity index (χ2n) is 6.58. The lowest BCUT2D eigenvalue weighted by molar-refractivity contribution is -0.130. The number of hydrogen-bond acceptors (Lipinski definition) is 6. The molecular formula is C18H16N4O3. The Morgan fingerprint density at radius 2 is 1.80 bits per heavy atom. The zero-order valence-electron chi connectivity index (χ0n) is 13.8. The van der Waals surface area contributed by atoms with Crippen molar-refractivity contribution < 1.29 is 14.6 Å². The van der Waals surface area contributed by atoms with E-state index in [1.165, 1.54) is 14.0 Å². The molecule has 1 saturated carbocycles. The summed E-state index contributed by atoms with van der Waals surface area (Å²) in [4.78, 5) is 12.6. The summed E-state index contributed by atoms with van der Waals surface area (Å²) in [5.41, 5.74) is -4.92. The summed E-state index contributed by atoms with van der Waals surface area (Å²) in [5.74, 6) is -1.89. The molecule has 126 valence electrons. The van der Waals surface area contributed by atoms with E-state index in [9.17, 15) is 25.7 Å². The van der Waals surface area contributed by atoms with Crippen LogP contribution in [0.4, 0.5) is 0 Å². The van der Waals surface area contributed by atoms with Crippen molar-refractivity contribution in [2.24, 2.45) is 16.7 Å². The van der Waals surface area contributed by atoms with Crippen LogP contribution in [0.1, 0.15) is 24.8 Å². The highest BCUT2D eigenvalue weighted by molar-refractivity contribution is 5.92. The molecule has 0 aromatic heterocycles. The van der Waals surface area contributed by atoms with E-state index in [1.807, 2.05) is 18.2 Å². The van der Waals surface area contributed by atoms with Gasteiger partial charge >= 0.3 is 0 Å². The average molecular weight is 336 g/mol. The molecule has 1 aliphatic heterocycles. The minimum absolute atomic E-state index is 0.0310. The zero-order valence-corrected chi connectivity index (χ0v) is 13.8. The lowest BCUT2D eigenvalue weighted by Crippen LogP contribution is -2.57. The van der Waals surface area contributed by atoms with Crippen LogP contribution >= 0.6 is 0 Å². The van der Waals surface area contributed by atoms with Crippen molar-refractivity contribution in [1.29, 1.82) is 15.8 Å². The Labute approximate surface area is 145 Å². The third-order valence-electron chi connectivity index (χ3n) is 5.76. The molecule has 0 spiro atoms. The second-order valence-corrected chi connectivity index (χ2v) is 6.58. The molecular weight excluding hydrogens is 320 g/mol. The topological polar surface area (TPSA) is 130 Å². The van der Waals surface area contributed by atoms with E-state index in [2.05, 4.69) is 5.32 Å². The molecule has 2 N–H and O–H groups in total. The number of benzene rings is 1. The Hall–Kier alpha value is -3.08. The highest BCUT2D eigenvalue weighted by Gasteiger charge is 2.77. The normalized spacial score (nSPS) is 35.0. The summed E-state index contributed by atoms with van der Waals surface area (Å²) in [6.45, 7) is 1.52. The second kappa shape index (κ2) is 5.21. The van der Waals surface area contributed by atoms with Crippen LogP contribution in [0.3, 0.4) is 0 Å². The number of aliphatic hydroxyl groups is 1. The number of methoxy groups -OCH3 is 1. The summed E-state index contributed by atoms with van der Waals surface area (Å²) in [5, 5.41) is 43.0. The van der Waals surface area contributed by atoms with E-state index in [-0.39, 0.29) is 6.42 Å². The Morgan fingerprint density at radius 3 is 2.28 bits per heavy atom. The van der Waals surface area contributed by atoms with Crippen molar-refractivity contribution in [3.8, 4) is 24.0 Å². The molecule has 1 aromatic carbocycles. The number of fused-ring (bicyclic) bond motifs is 2. The van der Waals surface area contributed by atoms with Crippen molar-refractivity contribution in [3.05, 3.63) is 29.8 Å². The fourth-order valence-corrected chi connectivity index (χ4v) is 4.24. The number of carbonyl (C=O) groups excluding carboxylic acids is 1. The Morgan fingerprint density at radius 1 is 1.20 bits per heavy atom. The zero-order chi connectivity index (χ0) is 18.5. The van der Waals surface area contributed by atoms with Crippen LogP contribution in [0.15, 0.2) is 24.3 Å². The van der Waals surface area contributed by atoms with Crippen LogP contribution in [0.25, 0.3) is 0 Å². The first-order valence-electron chi connectivity index (χ1n) is 7.78. The molecule has 1 amide bonds. The van der Waals surface area contributed by atoms with Gasteiger partial charge in [0.25, 0.3) is 0 Å². The van der Waals surface area contributed by atoms with Gasteiger partial charge in [0.1, 0.15) is 11.5 Å². The molecule has 2 fully saturated rings. The lowest BCUT2D eigenvalue weighted by Gasteiger charge is -2.48. The van der Waals surface area contributed by atoms with Crippen LogP contribution in [0, 0.1) is 50.7 Å². The number of nitrogens with one attached hydrogen (secondary N) is 1. The van der Waals surface area contributed by atoms with E-state index >= 15 is 0 Å². The predicted molar refractivity (Wildman–Crippen MR) is 84.3 cm³/mol. The van der Waals surface area contributed by atoms with E-state index in [4.69, 9.17) is 4.74 Å². The molecule has 1 aliphatic carbocycles. The van der Waals surface area contributed by atoms with Crippen LogP contribution < -0.4 is 10.1 Å². The van der Waals surface area contributed by atoms with Crippen molar-refractivity contribution >= 4 is 5.91 Å². The van der Waals surface area contributed by atoms with E-state index in [0.717, 1.165) is 0 Å². The predicted octanol–water partition coefficient (Wildman–Crippen LogP) is 1.18. The summed E-state index contributed by atoms with van der Waals surface area (Å²) < 4.78 is 5.11. The number of hydrogen-bond donors (Lipinski definition) is 2. The molecule has 0 radical (unpaired) electrons. The molecule has 1 aromatic rings. The van der Waals surface area contributed by atoms with Gasteiger partial charge in [0.2, 0.25) is 5.91 Å². The smallest absolute Gasteiger partial charge is 0.245 e. The van der Waals surface area contributed by atoms with Gasteiger partial charge in [0, 0.05) is 18.3 Å². The Kier molecular flexibility index (Phi) is 3.49. The van der Waals surface area contributed by atoms with Crippen LogP contribution in [-0.4, -0.2) is 23.8 Å². The largest absolute Gasteiger partial charge is 0.497 e. The maximum atomic E-state index is 12.6. The van der Waals surface area contributed by atoms with Gasteiger partial charge in [0.05, 0.1) is 25.3 Å². The monoisotopic (exact) mass is 336 g/mol. The quantitative estimate of drug-likeness (QED) is 0.834. The fraction of sp³-hybridized carbons (Fsp3) is 0.444. The number of nitrogens with zero attached hydrogens (tertiary/aromatic N) is 3. The molecule has 7 nitrogen and oxygen atoms in total. The fourth-order valence-electron chi connectivity index (χ4n) is 4.24. The molecule has 2 aliphatic rings. The number of nitriles is 3. The third kappa shape index (κ3) is 1.78. The van der Waals surface area contributed by atoms with Gasteiger partial charge in [-0.05, 0) is 17.7 Å². The number of amides is 1. The maximum Gasteiger partial charge on any atom is 0.245 e. The molecule has 1 heterocycles. The highest BCUT2D eigenvalue weighted by atomic mass is 16.5. The number of ether oxygens (including phenoxy) is 1. The standard InChI is InChI=1S/C18H16N4O3/c1-11-17(10-21)15(23)22-18(11,24)7-14(16(17,8-19)9-20)12-3-5-13(25-2)6-4-12/h3-6,11,14,24H,7H2,1-2H3,(H,22,23)/t11-,14-,17-,18-/m1/s1. The molecule has 3 rings (SSSR count). The van der Waals surface area contributed by atoms with Gasteiger partial charge in [0.15, 0.2) is 10.8 Å². The maximum absolute atomic E-state index is 12.6. The van der Waals surface area contributed by atoms with E-state index in [1.54, 1.807) is 24.3 Å². The Balaban J connectivity index is 2.26. The number of carbonyl (C=O) groups is 1. The molecule has 2 bridgehead atoms. The first-order chi connectivity index (χ1) is 11.8. The number of rotatable bonds is 2. The lowest BCUT2D eigenvalue weighted by atomic mass is 9.48. The molecule has 4 atom stereocenters. The first-order valence-corrected chi connectivity index (χ1v) is 7.78. The van der Waals surface area contributed by atoms with Crippen molar-refractivity contribution in [2.75, 3.05) is 7.11 Å². The summed E-state index contributed by atoms with van der Waals surface area (Å²) in [7, 11) is 1.52. The minimum Gasteiger partial charge on any atom is -0.497 e. The van der Waals surface area contributed by atoms with Crippen LogP contribution in [-0.2, 0) is 4.79 Å². The van der Waals surface area contributed by atoms with Crippen LogP contribution in [0.5, 0.6) is 5.75 Å².